The van der Waals surface area contributed by atoms with Gasteiger partial charge in [0.05, 0.1) is 10.5 Å². The molecule has 1 aliphatic rings. The summed E-state index contributed by atoms with van der Waals surface area (Å²) < 4.78 is 41.7. The molecule has 0 aliphatic heterocycles. The minimum absolute atomic E-state index is 0.0117. The Morgan fingerprint density at radius 3 is 2.35 bits per heavy atom. The van der Waals surface area contributed by atoms with Crippen molar-refractivity contribution >= 4 is 5.69 Å². The van der Waals surface area contributed by atoms with Gasteiger partial charge in [-0.15, -0.1) is 0 Å². The highest BCUT2D eigenvalue weighted by Gasteiger charge is 2.41. The summed E-state index contributed by atoms with van der Waals surface area (Å²) in [5, 5.41) is 14.7. The lowest BCUT2D eigenvalue weighted by atomic mass is 9.91. The van der Waals surface area contributed by atoms with Crippen LogP contribution in [0.2, 0.25) is 0 Å². The fourth-order valence-electron chi connectivity index (χ4n) is 3.64. The van der Waals surface area contributed by atoms with Crippen LogP contribution in [-0.4, -0.2) is 14.7 Å². The van der Waals surface area contributed by atoms with Crippen LogP contribution in [0.4, 0.5) is 18.9 Å². The highest BCUT2D eigenvalue weighted by molar-refractivity contribution is 5.35. The Morgan fingerprint density at radius 1 is 1.15 bits per heavy atom. The van der Waals surface area contributed by atoms with Crippen molar-refractivity contribution in [3.63, 3.8) is 0 Å². The number of benzene rings is 1. The molecule has 0 bridgehead atoms. The SMILES string of the molecule is CC(C)(Cc1ccc([N+](=O)[O-])cc1)n1nc(C(F)(F)F)c2c1CCCC2. The molecule has 0 unspecified atom stereocenters. The molecule has 0 fully saturated rings. The summed E-state index contributed by atoms with van der Waals surface area (Å²) >= 11 is 0. The van der Waals surface area contributed by atoms with E-state index in [0.717, 1.165) is 18.4 Å². The minimum Gasteiger partial charge on any atom is -0.263 e. The average Bonchev–Trinajstić information content (AvgIpc) is 2.95. The lowest BCUT2D eigenvalue weighted by molar-refractivity contribution is -0.384. The lowest BCUT2D eigenvalue weighted by Crippen LogP contribution is -2.32. The zero-order valence-electron chi connectivity index (χ0n) is 14.6. The van der Waals surface area contributed by atoms with E-state index in [1.54, 1.807) is 12.1 Å². The Hall–Kier alpha value is -2.38. The summed E-state index contributed by atoms with van der Waals surface area (Å²) in [7, 11) is 0. The quantitative estimate of drug-likeness (QED) is 0.583. The lowest BCUT2D eigenvalue weighted by Gasteiger charge is -2.29. The number of nitro benzene ring substituents is 1. The molecule has 1 aromatic heterocycles. The third-order valence-corrected chi connectivity index (χ3v) is 4.81. The maximum atomic E-state index is 13.4. The number of alkyl halides is 3. The predicted molar refractivity (Wildman–Crippen MR) is 90.0 cm³/mol. The molecule has 0 atom stereocenters. The minimum atomic E-state index is -4.46. The first-order chi connectivity index (χ1) is 12.1. The zero-order chi connectivity index (χ0) is 19.1. The second-order valence-electron chi connectivity index (χ2n) is 7.30. The normalized spacial score (nSPS) is 15.0. The standard InChI is InChI=1S/C18H20F3N3O2/c1-17(2,11-12-7-9-13(10-8-12)24(25)26)23-15-6-4-3-5-14(15)16(22-23)18(19,20)21/h7-10H,3-6,11H2,1-2H3. The van der Waals surface area contributed by atoms with Gasteiger partial charge in [0, 0.05) is 23.4 Å². The van der Waals surface area contributed by atoms with E-state index < -0.39 is 22.3 Å². The molecule has 0 amide bonds. The smallest absolute Gasteiger partial charge is 0.263 e. The van der Waals surface area contributed by atoms with E-state index >= 15 is 0 Å². The van der Waals surface area contributed by atoms with Crippen LogP contribution in [0, 0.1) is 10.1 Å². The Balaban J connectivity index is 1.96. The van der Waals surface area contributed by atoms with E-state index in [2.05, 4.69) is 5.10 Å². The number of hydrogen-bond donors (Lipinski definition) is 0. The van der Waals surface area contributed by atoms with E-state index in [4.69, 9.17) is 0 Å². The van der Waals surface area contributed by atoms with Crippen LogP contribution in [0.3, 0.4) is 0 Å². The number of aromatic nitrogens is 2. The molecule has 0 N–H and O–H groups in total. The molecule has 0 saturated heterocycles. The van der Waals surface area contributed by atoms with Crippen molar-refractivity contribution in [2.45, 2.75) is 57.7 Å². The molecule has 26 heavy (non-hydrogen) atoms. The van der Waals surface area contributed by atoms with Crippen molar-refractivity contribution in [1.29, 1.82) is 0 Å². The van der Waals surface area contributed by atoms with Gasteiger partial charge in [0.2, 0.25) is 0 Å². The number of hydrogen-bond acceptors (Lipinski definition) is 3. The first-order valence-electron chi connectivity index (χ1n) is 8.51. The number of halogens is 3. The Morgan fingerprint density at radius 2 is 1.77 bits per heavy atom. The topological polar surface area (TPSA) is 61.0 Å². The maximum Gasteiger partial charge on any atom is 0.435 e. The third kappa shape index (κ3) is 3.45. The predicted octanol–water partition coefficient (Wildman–Crippen LogP) is 4.67. The van der Waals surface area contributed by atoms with Gasteiger partial charge in [0.25, 0.3) is 5.69 Å². The Bertz CT molecular complexity index is 823. The molecule has 2 aromatic rings. The number of rotatable bonds is 4. The number of nitro groups is 1. The Labute approximate surface area is 149 Å². The number of fused-ring (bicyclic) bond motifs is 1. The largest absolute Gasteiger partial charge is 0.435 e. The summed E-state index contributed by atoms with van der Waals surface area (Å²) in [6.07, 6.45) is -1.46. The average molecular weight is 367 g/mol. The van der Waals surface area contributed by atoms with E-state index in [0.29, 0.717) is 30.5 Å². The molecule has 1 aliphatic carbocycles. The van der Waals surface area contributed by atoms with Gasteiger partial charge in [-0.2, -0.15) is 18.3 Å². The van der Waals surface area contributed by atoms with E-state index in [1.165, 1.54) is 16.8 Å². The molecule has 3 rings (SSSR count). The van der Waals surface area contributed by atoms with Gasteiger partial charge in [-0.1, -0.05) is 12.1 Å². The summed E-state index contributed by atoms with van der Waals surface area (Å²) in [5.74, 6) is 0. The second kappa shape index (κ2) is 6.41. The molecule has 1 aromatic carbocycles. The molecule has 8 heteroatoms. The van der Waals surface area contributed by atoms with E-state index in [-0.39, 0.29) is 5.69 Å². The first kappa shape index (κ1) is 18.4. The van der Waals surface area contributed by atoms with Gasteiger partial charge in [-0.25, -0.2) is 0 Å². The maximum absolute atomic E-state index is 13.4. The molecular formula is C18H20F3N3O2. The van der Waals surface area contributed by atoms with Gasteiger partial charge in [0.1, 0.15) is 0 Å². The number of nitrogens with zero attached hydrogens (tertiary/aromatic N) is 3. The first-order valence-corrected chi connectivity index (χ1v) is 8.51. The summed E-state index contributed by atoms with van der Waals surface area (Å²) in [6, 6.07) is 6.09. The van der Waals surface area contributed by atoms with Gasteiger partial charge in [-0.05, 0) is 51.5 Å². The van der Waals surface area contributed by atoms with Crippen LogP contribution in [-0.2, 0) is 31.0 Å². The van der Waals surface area contributed by atoms with Crippen LogP contribution < -0.4 is 0 Å². The molecule has 140 valence electrons. The highest BCUT2D eigenvalue weighted by Crippen LogP contribution is 2.38. The van der Waals surface area contributed by atoms with Gasteiger partial charge in [-0.3, -0.25) is 14.8 Å². The Kier molecular flexibility index (Phi) is 4.54. The fraction of sp³-hybridized carbons (Fsp3) is 0.500. The monoisotopic (exact) mass is 367 g/mol. The zero-order valence-corrected chi connectivity index (χ0v) is 14.6. The summed E-state index contributed by atoms with van der Waals surface area (Å²) in [4.78, 5) is 10.3. The molecule has 5 nitrogen and oxygen atoms in total. The summed E-state index contributed by atoms with van der Waals surface area (Å²) in [6.45, 7) is 3.69. The fourth-order valence-corrected chi connectivity index (χ4v) is 3.64. The van der Waals surface area contributed by atoms with Crippen LogP contribution in [0.1, 0.15) is 49.2 Å². The summed E-state index contributed by atoms with van der Waals surface area (Å²) in [5.41, 5.74) is 0.331. The molecule has 0 spiro atoms. The molecular weight excluding hydrogens is 347 g/mol. The second-order valence-corrected chi connectivity index (χ2v) is 7.30. The van der Waals surface area contributed by atoms with Crippen LogP contribution in [0.5, 0.6) is 0 Å². The van der Waals surface area contributed by atoms with Crippen molar-refractivity contribution in [2.75, 3.05) is 0 Å². The molecule has 1 heterocycles. The van der Waals surface area contributed by atoms with Crippen LogP contribution in [0.15, 0.2) is 24.3 Å². The molecule has 0 radical (unpaired) electrons. The number of non-ortho nitro benzene ring substituents is 1. The van der Waals surface area contributed by atoms with Gasteiger partial charge < -0.3 is 0 Å². The van der Waals surface area contributed by atoms with Crippen molar-refractivity contribution in [3.05, 3.63) is 56.9 Å². The van der Waals surface area contributed by atoms with E-state index in [9.17, 15) is 23.3 Å². The van der Waals surface area contributed by atoms with Crippen molar-refractivity contribution in [1.82, 2.24) is 9.78 Å². The third-order valence-electron chi connectivity index (χ3n) is 4.81. The van der Waals surface area contributed by atoms with Crippen molar-refractivity contribution in [3.8, 4) is 0 Å². The van der Waals surface area contributed by atoms with E-state index in [1.807, 2.05) is 13.8 Å². The molecule has 0 saturated carbocycles. The van der Waals surface area contributed by atoms with Gasteiger partial charge in [0.15, 0.2) is 5.69 Å². The van der Waals surface area contributed by atoms with Crippen LogP contribution in [0.25, 0.3) is 0 Å². The highest BCUT2D eigenvalue weighted by atomic mass is 19.4. The van der Waals surface area contributed by atoms with Crippen molar-refractivity contribution < 1.29 is 18.1 Å². The van der Waals surface area contributed by atoms with Crippen LogP contribution >= 0.6 is 0 Å². The van der Waals surface area contributed by atoms with Crippen molar-refractivity contribution in [2.24, 2.45) is 0 Å². The van der Waals surface area contributed by atoms with Gasteiger partial charge >= 0.3 is 6.18 Å².